The van der Waals surface area contributed by atoms with E-state index in [1.54, 1.807) is 12.1 Å². The van der Waals surface area contributed by atoms with Gasteiger partial charge in [-0.3, -0.25) is 9.59 Å². The molecule has 0 amide bonds. The number of hydrogen-bond acceptors (Lipinski definition) is 2. The van der Waals surface area contributed by atoms with Crippen LogP contribution in [0.15, 0.2) is 48.5 Å². The Morgan fingerprint density at radius 3 is 2.26 bits per heavy atom. The molecule has 0 aromatic heterocycles. The van der Waals surface area contributed by atoms with Crippen molar-refractivity contribution in [1.29, 1.82) is 0 Å². The van der Waals surface area contributed by atoms with Crippen molar-refractivity contribution >= 4 is 34.8 Å². The van der Waals surface area contributed by atoms with Gasteiger partial charge in [0.15, 0.2) is 0 Å². The molecule has 27 heavy (non-hydrogen) atoms. The molecule has 4 heteroatoms. The number of halogens is 2. The molecular formula is C23H24Cl2O2. The monoisotopic (exact) mass is 402 g/mol. The summed E-state index contributed by atoms with van der Waals surface area (Å²) in [5, 5.41) is 0.887. The predicted octanol–water partition coefficient (Wildman–Crippen LogP) is 6.28. The first-order valence-electron chi connectivity index (χ1n) is 9.49. The van der Waals surface area contributed by atoms with Crippen LogP contribution in [0.4, 0.5) is 0 Å². The minimum absolute atomic E-state index is 0.0446. The summed E-state index contributed by atoms with van der Waals surface area (Å²) in [4.78, 5) is 25.3. The van der Waals surface area contributed by atoms with Crippen LogP contribution in [-0.4, -0.2) is 11.6 Å². The maximum Gasteiger partial charge on any atom is 0.146 e. The average molecular weight is 403 g/mol. The van der Waals surface area contributed by atoms with Crippen molar-refractivity contribution in [2.75, 3.05) is 0 Å². The molecule has 0 radical (unpaired) electrons. The van der Waals surface area contributed by atoms with Crippen LogP contribution in [0.25, 0.3) is 0 Å². The predicted molar refractivity (Wildman–Crippen MR) is 110 cm³/mol. The maximum atomic E-state index is 13.1. The van der Waals surface area contributed by atoms with Gasteiger partial charge < -0.3 is 0 Å². The molecule has 0 aliphatic heterocycles. The summed E-state index contributed by atoms with van der Waals surface area (Å²) < 4.78 is 0. The van der Waals surface area contributed by atoms with Crippen LogP contribution in [0.2, 0.25) is 10.0 Å². The Bertz CT molecular complexity index is 808. The molecule has 0 bridgehead atoms. The molecule has 0 spiro atoms. The number of hydrogen-bond donors (Lipinski definition) is 0. The van der Waals surface area contributed by atoms with Gasteiger partial charge >= 0.3 is 0 Å². The number of carbonyl (C=O) groups excluding carboxylic acids is 2. The van der Waals surface area contributed by atoms with Crippen molar-refractivity contribution < 1.29 is 9.59 Å². The van der Waals surface area contributed by atoms with Crippen molar-refractivity contribution in [2.45, 2.75) is 44.9 Å². The average Bonchev–Trinajstić information content (AvgIpc) is 2.69. The Morgan fingerprint density at radius 2 is 1.63 bits per heavy atom. The molecule has 1 saturated carbocycles. The topological polar surface area (TPSA) is 34.1 Å². The van der Waals surface area contributed by atoms with E-state index in [1.165, 1.54) is 12.5 Å². The van der Waals surface area contributed by atoms with E-state index in [9.17, 15) is 9.59 Å². The molecule has 0 heterocycles. The molecule has 1 unspecified atom stereocenters. The molecule has 2 aromatic carbocycles. The molecule has 1 atom stereocenters. The number of Topliss-reactive ketones (excluding diaryl/α,β-unsaturated/α-hetero) is 2. The van der Waals surface area contributed by atoms with Crippen molar-refractivity contribution in [3.05, 3.63) is 69.7 Å². The summed E-state index contributed by atoms with van der Waals surface area (Å²) in [6, 6.07) is 15.8. The van der Waals surface area contributed by atoms with Gasteiger partial charge in [-0.2, -0.15) is 0 Å². The minimum Gasteiger partial charge on any atom is -0.299 e. The van der Waals surface area contributed by atoms with E-state index in [0.717, 1.165) is 31.2 Å². The number of carbonyl (C=O) groups is 2. The molecule has 142 valence electrons. The molecule has 1 aliphatic rings. The Hall–Kier alpha value is -1.64. The zero-order valence-electron chi connectivity index (χ0n) is 15.5. The molecule has 0 N–H and O–H groups in total. The third-order valence-corrected chi connectivity index (χ3v) is 6.55. The highest BCUT2D eigenvalue weighted by molar-refractivity contribution is 6.42. The third kappa shape index (κ3) is 4.80. The normalized spacial score (nSPS) is 20.9. The Kier molecular flexibility index (Phi) is 6.73. The molecule has 1 aliphatic carbocycles. The largest absolute Gasteiger partial charge is 0.299 e. The summed E-state index contributed by atoms with van der Waals surface area (Å²) in [6.07, 6.45) is 3.98. The second-order valence-electron chi connectivity index (χ2n) is 7.44. The van der Waals surface area contributed by atoms with E-state index in [4.69, 9.17) is 23.2 Å². The van der Waals surface area contributed by atoms with Gasteiger partial charge in [0.05, 0.1) is 16.0 Å². The van der Waals surface area contributed by atoms with Crippen LogP contribution >= 0.6 is 23.2 Å². The lowest BCUT2D eigenvalue weighted by Gasteiger charge is -2.30. The Labute approximate surface area is 170 Å². The number of ketones is 2. The van der Waals surface area contributed by atoms with Gasteiger partial charge in [0.25, 0.3) is 0 Å². The standard InChI is InChI=1S/C23H24Cl2O2/c1-15(26)20(14-19-8-5-9-21(24)22(19)25)23(27)18-12-10-17(11-13-18)16-6-3-2-4-7-16/h2-9,17-18,20H,10-14H2,1H3/t17-,18-,20?. The van der Waals surface area contributed by atoms with Gasteiger partial charge in [0.2, 0.25) is 0 Å². The summed E-state index contributed by atoms with van der Waals surface area (Å²) in [7, 11) is 0. The minimum atomic E-state index is -0.640. The summed E-state index contributed by atoms with van der Waals surface area (Å²) in [6.45, 7) is 1.50. The quantitative estimate of drug-likeness (QED) is 0.532. The Morgan fingerprint density at radius 1 is 0.963 bits per heavy atom. The summed E-state index contributed by atoms with van der Waals surface area (Å²) >= 11 is 12.3. The van der Waals surface area contributed by atoms with Crippen LogP contribution in [0, 0.1) is 11.8 Å². The van der Waals surface area contributed by atoms with E-state index in [-0.39, 0.29) is 17.5 Å². The van der Waals surface area contributed by atoms with Crippen LogP contribution in [0.3, 0.4) is 0 Å². The smallest absolute Gasteiger partial charge is 0.146 e. The summed E-state index contributed by atoms with van der Waals surface area (Å²) in [5.74, 6) is -0.212. The first kappa shape index (κ1) is 20.1. The maximum absolute atomic E-state index is 13.1. The molecule has 0 saturated heterocycles. The van der Waals surface area contributed by atoms with Crippen molar-refractivity contribution in [1.82, 2.24) is 0 Å². The highest BCUT2D eigenvalue weighted by Crippen LogP contribution is 2.38. The zero-order valence-corrected chi connectivity index (χ0v) is 17.0. The lowest BCUT2D eigenvalue weighted by molar-refractivity contribution is -0.134. The zero-order chi connectivity index (χ0) is 19.4. The fourth-order valence-electron chi connectivity index (χ4n) is 4.09. The van der Waals surface area contributed by atoms with Crippen LogP contribution < -0.4 is 0 Å². The van der Waals surface area contributed by atoms with Crippen LogP contribution in [0.1, 0.15) is 49.7 Å². The van der Waals surface area contributed by atoms with Gasteiger partial charge in [-0.05, 0) is 62.1 Å². The lowest BCUT2D eigenvalue weighted by Crippen LogP contribution is -2.32. The highest BCUT2D eigenvalue weighted by Gasteiger charge is 2.33. The van der Waals surface area contributed by atoms with Crippen molar-refractivity contribution in [2.24, 2.45) is 11.8 Å². The molecule has 2 aromatic rings. The van der Waals surface area contributed by atoms with Crippen molar-refractivity contribution in [3.63, 3.8) is 0 Å². The van der Waals surface area contributed by atoms with E-state index in [2.05, 4.69) is 24.3 Å². The fraction of sp³-hybridized carbons (Fsp3) is 0.391. The third-order valence-electron chi connectivity index (χ3n) is 5.69. The lowest BCUT2D eigenvalue weighted by atomic mass is 9.73. The molecule has 3 rings (SSSR count). The molecular weight excluding hydrogens is 379 g/mol. The summed E-state index contributed by atoms with van der Waals surface area (Å²) in [5.41, 5.74) is 2.10. The van der Waals surface area contributed by atoms with Gasteiger partial charge in [0, 0.05) is 5.92 Å². The second-order valence-corrected chi connectivity index (χ2v) is 8.23. The van der Waals surface area contributed by atoms with E-state index in [0.29, 0.717) is 22.4 Å². The highest BCUT2D eigenvalue weighted by atomic mass is 35.5. The van der Waals surface area contributed by atoms with Gasteiger partial charge in [-0.1, -0.05) is 65.7 Å². The SMILES string of the molecule is CC(=O)C(Cc1cccc(Cl)c1Cl)C(=O)[C@H]1CC[C@H](c2ccccc2)CC1. The molecule has 2 nitrogen and oxygen atoms in total. The van der Waals surface area contributed by atoms with Crippen molar-refractivity contribution in [3.8, 4) is 0 Å². The Balaban J connectivity index is 1.67. The van der Waals surface area contributed by atoms with E-state index >= 15 is 0 Å². The first-order chi connectivity index (χ1) is 13.0. The van der Waals surface area contributed by atoms with Gasteiger partial charge in [-0.25, -0.2) is 0 Å². The first-order valence-corrected chi connectivity index (χ1v) is 10.2. The second kappa shape index (κ2) is 9.03. The van der Waals surface area contributed by atoms with Gasteiger partial charge in [0.1, 0.15) is 11.6 Å². The van der Waals surface area contributed by atoms with E-state index in [1.807, 2.05) is 12.1 Å². The van der Waals surface area contributed by atoms with E-state index < -0.39 is 5.92 Å². The number of rotatable bonds is 6. The molecule has 1 fully saturated rings. The fourth-order valence-corrected chi connectivity index (χ4v) is 4.49. The van der Waals surface area contributed by atoms with Crippen LogP contribution in [0.5, 0.6) is 0 Å². The van der Waals surface area contributed by atoms with Crippen LogP contribution in [-0.2, 0) is 16.0 Å². The number of benzene rings is 2. The van der Waals surface area contributed by atoms with Gasteiger partial charge in [-0.15, -0.1) is 0 Å².